The Labute approximate surface area is 92.6 Å². The first-order chi connectivity index (χ1) is 4.25. The van der Waals surface area contributed by atoms with E-state index in [9.17, 15) is 0 Å². The van der Waals surface area contributed by atoms with Gasteiger partial charge in [0.1, 0.15) is 0 Å². The van der Waals surface area contributed by atoms with Gasteiger partial charge in [-0.25, -0.2) is 0 Å². The molecular weight excluding hydrogens is 177 g/mol. The van der Waals surface area contributed by atoms with Crippen LogP contribution in [0.3, 0.4) is 0 Å². The number of nitrogens with zero attached hydrogens (tertiary/aromatic N) is 1. The summed E-state index contributed by atoms with van der Waals surface area (Å²) >= 11 is 9.76. The third kappa shape index (κ3) is 2.03. The second-order valence-electron chi connectivity index (χ2n) is 1.60. The molecule has 2 N–H and O–H groups in total. The van der Waals surface area contributed by atoms with Gasteiger partial charge in [-0.3, -0.25) is 14.8 Å². The van der Waals surface area contributed by atoms with Crippen molar-refractivity contribution in [3.05, 3.63) is 9.54 Å². The van der Waals surface area contributed by atoms with E-state index in [4.69, 9.17) is 24.4 Å². The van der Waals surface area contributed by atoms with Crippen LogP contribution in [0.1, 0.15) is 8.35 Å². The summed E-state index contributed by atoms with van der Waals surface area (Å²) < 4.78 is 3.12. The van der Waals surface area contributed by atoms with Crippen molar-refractivity contribution in [2.45, 2.75) is 13.5 Å². The van der Waals surface area contributed by atoms with Gasteiger partial charge in [-0.15, -0.1) is 0 Å². The average Bonchev–Trinajstić information content (AvgIpc) is 2.12. The third-order valence-electron chi connectivity index (χ3n) is 1.08. The van der Waals surface area contributed by atoms with Gasteiger partial charge >= 0.3 is 29.6 Å². The summed E-state index contributed by atoms with van der Waals surface area (Å²) in [6.07, 6.45) is 0. The van der Waals surface area contributed by atoms with E-state index in [2.05, 4.69) is 10.2 Å². The van der Waals surface area contributed by atoms with Crippen molar-refractivity contribution in [1.29, 1.82) is 0 Å². The number of aromatic nitrogens is 3. The Kier molecular flexibility index (Phi) is 4.71. The normalized spacial score (nSPS) is 8.90. The smallest absolute Gasteiger partial charge is 1.00 e. The minimum Gasteiger partial charge on any atom is -1.00 e. The molecule has 0 radical (unpaired) electrons. The van der Waals surface area contributed by atoms with Crippen molar-refractivity contribution >= 4 is 24.4 Å². The maximum atomic E-state index is 4.88. The first kappa shape index (κ1) is 10.6. The Morgan fingerprint density at radius 2 is 1.80 bits per heavy atom. The summed E-state index contributed by atoms with van der Waals surface area (Å²) in [6, 6.07) is 0. The van der Waals surface area contributed by atoms with Crippen molar-refractivity contribution < 1.29 is 31.0 Å². The third-order valence-corrected chi connectivity index (χ3v) is 1.73. The molecule has 0 aliphatic rings. The van der Waals surface area contributed by atoms with Gasteiger partial charge in [0.2, 0.25) is 0 Å². The van der Waals surface area contributed by atoms with E-state index in [0.717, 1.165) is 6.54 Å². The average molecular weight is 185 g/mol. The molecule has 0 aliphatic heterocycles. The molecule has 0 saturated carbocycles. The van der Waals surface area contributed by atoms with Gasteiger partial charge in [0.15, 0.2) is 9.54 Å². The van der Waals surface area contributed by atoms with Crippen LogP contribution in [0.15, 0.2) is 0 Å². The molecular formula is C4H8N3NaS2. The number of hydrogen-bond acceptors (Lipinski definition) is 2. The van der Waals surface area contributed by atoms with Crippen molar-refractivity contribution in [1.82, 2.24) is 14.8 Å². The van der Waals surface area contributed by atoms with Gasteiger partial charge < -0.3 is 1.43 Å². The zero-order valence-corrected chi connectivity index (χ0v) is 9.60. The van der Waals surface area contributed by atoms with Crippen LogP contribution in [0.25, 0.3) is 0 Å². The predicted octanol–water partition coefficient (Wildman–Crippen LogP) is -1.26. The Balaban J connectivity index is 0. The molecule has 1 rings (SSSR count). The van der Waals surface area contributed by atoms with Crippen LogP contribution in [-0.2, 0) is 6.54 Å². The molecule has 10 heavy (non-hydrogen) atoms. The molecule has 3 nitrogen and oxygen atoms in total. The number of H-pyrrole nitrogens is 2. The van der Waals surface area contributed by atoms with E-state index in [1.807, 2.05) is 11.5 Å². The van der Waals surface area contributed by atoms with Crippen molar-refractivity contribution in [2.24, 2.45) is 0 Å². The van der Waals surface area contributed by atoms with E-state index < -0.39 is 0 Å². The maximum absolute atomic E-state index is 4.88. The van der Waals surface area contributed by atoms with Crippen molar-refractivity contribution in [2.75, 3.05) is 0 Å². The quantitative estimate of drug-likeness (QED) is 0.423. The number of nitrogens with one attached hydrogen (secondary N) is 2. The second-order valence-corrected chi connectivity index (χ2v) is 2.38. The van der Waals surface area contributed by atoms with Crippen LogP contribution in [0.2, 0.25) is 0 Å². The monoisotopic (exact) mass is 185 g/mol. The fraction of sp³-hybridized carbons (Fsp3) is 0.500. The molecule has 1 heterocycles. The predicted molar refractivity (Wildman–Crippen MR) is 41.6 cm³/mol. The molecule has 1 aromatic heterocycles. The van der Waals surface area contributed by atoms with E-state index in [0.29, 0.717) is 9.54 Å². The van der Waals surface area contributed by atoms with Crippen LogP contribution in [0, 0.1) is 9.54 Å². The topological polar surface area (TPSA) is 36.5 Å². The standard InChI is InChI=1S/C4H7N3S2.Na.H/c1-2-7-3(8)5-6-4(7)9;;/h2H2,1H3,(H,5,8)(H,6,9);;/q;+1;-1. The van der Waals surface area contributed by atoms with Crippen molar-refractivity contribution in [3.63, 3.8) is 0 Å². The van der Waals surface area contributed by atoms with Gasteiger partial charge in [-0.05, 0) is 31.4 Å². The molecule has 0 unspecified atom stereocenters. The van der Waals surface area contributed by atoms with Gasteiger partial charge in [-0.2, -0.15) is 0 Å². The Morgan fingerprint density at radius 1 is 1.40 bits per heavy atom. The van der Waals surface area contributed by atoms with Gasteiger partial charge in [-0.1, -0.05) is 0 Å². The summed E-state index contributed by atoms with van der Waals surface area (Å²) in [5.41, 5.74) is 0. The SMILES string of the molecule is CCn1c(=S)[nH][nH]c1=S.[H-].[Na+]. The molecule has 0 aliphatic carbocycles. The first-order valence-electron chi connectivity index (χ1n) is 2.63. The van der Waals surface area contributed by atoms with E-state index in [1.54, 1.807) is 0 Å². The molecule has 0 amide bonds. The summed E-state index contributed by atoms with van der Waals surface area (Å²) in [5, 5.41) is 5.47. The van der Waals surface area contributed by atoms with Gasteiger partial charge in [0.25, 0.3) is 0 Å². The van der Waals surface area contributed by atoms with E-state index >= 15 is 0 Å². The molecule has 0 aromatic carbocycles. The van der Waals surface area contributed by atoms with E-state index in [-0.39, 0.29) is 31.0 Å². The molecule has 1 aromatic rings. The molecule has 0 fully saturated rings. The second kappa shape index (κ2) is 4.46. The maximum Gasteiger partial charge on any atom is 1.00 e. The first-order valence-corrected chi connectivity index (χ1v) is 3.45. The zero-order valence-electron chi connectivity index (χ0n) is 6.97. The Morgan fingerprint density at radius 3 is 2.00 bits per heavy atom. The molecule has 0 saturated heterocycles. The summed E-state index contributed by atoms with van der Waals surface area (Å²) in [7, 11) is 0. The van der Waals surface area contributed by atoms with Crippen LogP contribution in [0.5, 0.6) is 0 Å². The molecule has 0 atom stereocenters. The number of aromatic amines is 2. The Hall–Kier alpha value is 0.580. The van der Waals surface area contributed by atoms with Gasteiger partial charge in [0.05, 0.1) is 0 Å². The molecule has 0 bridgehead atoms. The molecule has 52 valence electrons. The minimum absolute atomic E-state index is 0. The summed E-state index contributed by atoms with van der Waals surface area (Å²) in [4.78, 5) is 0. The van der Waals surface area contributed by atoms with Gasteiger partial charge in [0, 0.05) is 6.54 Å². The Bertz CT molecular complexity index is 273. The van der Waals surface area contributed by atoms with E-state index in [1.165, 1.54) is 0 Å². The van der Waals surface area contributed by atoms with Crippen LogP contribution in [0.4, 0.5) is 0 Å². The molecule has 6 heteroatoms. The fourth-order valence-corrected chi connectivity index (χ4v) is 1.22. The number of rotatable bonds is 1. The summed E-state index contributed by atoms with van der Waals surface area (Å²) in [5.74, 6) is 0. The largest absolute Gasteiger partial charge is 1.00 e. The van der Waals surface area contributed by atoms with Crippen LogP contribution in [-0.4, -0.2) is 14.8 Å². The zero-order chi connectivity index (χ0) is 6.85. The fourth-order valence-electron chi connectivity index (χ4n) is 0.621. The number of hydrogen-bond donors (Lipinski definition) is 2. The van der Waals surface area contributed by atoms with Crippen LogP contribution >= 0.6 is 24.4 Å². The molecule has 0 spiro atoms. The van der Waals surface area contributed by atoms with Crippen molar-refractivity contribution in [3.8, 4) is 0 Å². The van der Waals surface area contributed by atoms with Crippen LogP contribution < -0.4 is 29.6 Å². The minimum atomic E-state index is 0. The summed E-state index contributed by atoms with van der Waals surface area (Å²) in [6.45, 7) is 2.81.